The zero-order valence-corrected chi connectivity index (χ0v) is 18.4. The van der Waals surface area contributed by atoms with E-state index in [4.69, 9.17) is 9.98 Å². The maximum atomic E-state index is 4.88. The number of aryl methyl sites for hydroxylation is 2. The second-order valence-electron chi connectivity index (χ2n) is 7.62. The van der Waals surface area contributed by atoms with Crippen molar-refractivity contribution < 1.29 is 0 Å². The molecular weight excluding hydrogens is 425 g/mol. The predicted octanol–water partition coefficient (Wildman–Crippen LogP) is 3.47. The monoisotopic (exact) mass is 459 g/mol. The molecule has 1 unspecified atom stereocenters. The van der Waals surface area contributed by atoms with Gasteiger partial charge in [0.05, 0.1) is 5.69 Å². The number of hydrogen-bond acceptors (Lipinski definition) is 2. The van der Waals surface area contributed by atoms with Crippen LogP contribution in [0.4, 0.5) is 0 Å². The van der Waals surface area contributed by atoms with Crippen molar-refractivity contribution in [1.82, 2.24) is 19.8 Å². The number of nitrogens with one attached hydrogen (secondary N) is 1. The molecule has 1 atom stereocenters. The quantitative estimate of drug-likeness (QED) is 0.417. The van der Waals surface area contributed by atoms with Gasteiger partial charge in [0, 0.05) is 51.8 Å². The zero-order valence-electron chi connectivity index (χ0n) is 16.1. The molecule has 0 aliphatic carbocycles. The van der Waals surface area contributed by atoms with Gasteiger partial charge in [-0.25, -0.2) is 4.98 Å². The number of rotatable bonds is 5. The number of nitrogens with zero attached hydrogens (tertiary/aromatic N) is 4. The lowest BCUT2D eigenvalue weighted by Gasteiger charge is -2.25. The van der Waals surface area contributed by atoms with E-state index in [0.717, 1.165) is 51.5 Å². The van der Waals surface area contributed by atoms with Crippen LogP contribution in [0.15, 0.2) is 11.2 Å². The van der Waals surface area contributed by atoms with Gasteiger partial charge in [0.2, 0.25) is 0 Å². The van der Waals surface area contributed by atoms with E-state index >= 15 is 0 Å². The highest BCUT2D eigenvalue weighted by atomic mass is 127. The van der Waals surface area contributed by atoms with Crippen LogP contribution >= 0.6 is 24.0 Å². The second-order valence-corrected chi connectivity index (χ2v) is 7.62. The molecular formula is C19H34IN5. The summed E-state index contributed by atoms with van der Waals surface area (Å²) in [6.45, 7) is 12.0. The SMILES string of the molecule is CCNC(=NCCc1cn2c(n1)CCCC2)N1CCC(C)(CC)C1.I. The Kier molecular flexibility index (Phi) is 7.58. The van der Waals surface area contributed by atoms with Crippen molar-refractivity contribution in [3.8, 4) is 0 Å². The van der Waals surface area contributed by atoms with Crippen molar-refractivity contribution in [3.63, 3.8) is 0 Å². The molecule has 0 bridgehead atoms. The molecule has 6 heteroatoms. The van der Waals surface area contributed by atoms with Crippen LogP contribution in [0, 0.1) is 5.41 Å². The molecule has 0 spiro atoms. The number of hydrogen-bond donors (Lipinski definition) is 1. The molecule has 0 radical (unpaired) electrons. The third-order valence-corrected chi connectivity index (χ3v) is 5.63. The van der Waals surface area contributed by atoms with Gasteiger partial charge < -0.3 is 14.8 Å². The molecule has 1 saturated heterocycles. The lowest BCUT2D eigenvalue weighted by molar-refractivity contribution is 0.322. The minimum Gasteiger partial charge on any atom is -0.357 e. The van der Waals surface area contributed by atoms with E-state index in [-0.39, 0.29) is 24.0 Å². The largest absolute Gasteiger partial charge is 0.357 e. The average Bonchev–Trinajstić information content (AvgIpc) is 3.18. The molecule has 142 valence electrons. The van der Waals surface area contributed by atoms with Crippen molar-refractivity contribution in [2.45, 2.75) is 65.8 Å². The maximum Gasteiger partial charge on any atom is 0.193 e. The number of aliphatic imine (C=N–C) groups is 1. The number of likely N-dealkylation sites (tertiary alicyclic amines) is 1. The lowest BCUT2D eigenvalue weighted by Crippen LogP contribution is -2.41. The third kappa shape index (κ3) is 5.11. The van der Waals surface area contributed by atoms with E-state index in [2.05, 4.69) is 41.8 Å². The summed E-state index contributed by atoms with van der Waals surface area (Å²) in [6, 6.07) is 0. The van der Waals surface area contributed by atoms with Crippen LogP contribution < -0.4 is 5.32 Å². The van der Waals surface area contributed by atoms with Gasteiger partial charge in [0.25, 0.3) is 0 Å². The molecule has 1 fully saturated rings. The summed E-state index contributed by atoms with van der Waals surface area (Å²) in [7, 11) is 0. The Morgan fingerprint density at radius 3 is 2.84 bits per heavy atom. The Morgan fingerprint density at radius 2 is 2.16 bits per heavy atom. The summed E-state index contributed by atoms with van der Waals surface area (Å²) in [5.74, 6) is 2.35. The number of imidazole rings is 1. The molecule has 25 heavy (non-hydrogen) atoms. The molecule has 3 rings (SSSR count). The van der Waals surface area contributed by atoms with E-state index in [9.17, 15) is 0 Å². The van der Waals surface area contributed by atoms with Gasteiger partial charge in [-0.05, 0) is 38.0 Å². The minimum absolute atomic E-state index is 0. The van der Waals surface area contributed by atoms with Crippen molar-refractivity contribution in [2.75, 3.05) is 26.2 Å². The smallest absolute Gasteiger partial charge is 0.193 e. The maximum absolute atomic E-state index is 4.88. The highest BCUT2D eigenvalue weighted by Crippen LogP contribution is 2.32. The van der Waals surface area contributed by atoms with E-state index in [1.165, 1.54) is 37.2 Å². The first-order chi connectivity index (χ1) is 11.6. The standard InChI is InChI=1S/C19H33N5.HI/c1-4-19(3)10-13-24(15-19)18(20-5-2)21-11-9-16-14-23-12-7-6-8-17(23)22-16;/h14H,4-13,15H2,1-3H3,(H,20,21);1H. The summed E-state index contributed by atoms with van der Waals surface area (Å²) in [5.41, 5.74) is 1.64. The number of fused-ring (bicyclic) bond motifs is 1. The molecule has 0 saturated carbocycles. The molecule has 1 aromatic rings. The number of halogens is 1. The third-order valence-electron chi connectivity index (χ3n) is 5.63. The summed E-state index contributed by atoms with van der Waals surface area (Å²) < 4.78 is 2.33. The highest BCUT2D eigenvalue weighted by molar-refractivity contribution is 14.0. The van der Waals surface area contributed by atoms with Gasteiger partial charge >= 0.3 is 0 Å². The zero-order chi connectivity index (χ0) is 17.0. The molecule has 2 aliphatic heterocycles. The van der Waals surface area contributed by atoms with Gasteiger partial charge in [0.1, 0.15) is 5.82 Å². The van der Waals surface area contributed by atoms with Crippen LogP contribution in [0.2, 0.25) is 0 Å². The predicted molar refractivity (Wildman–Crippen MR) is 115 cm³/mol. The van der Waals surface area contributed by atoms with Crippen molar-refractivity contribution in [3.05, 3.63) is 17.7 Å². The summed E-state index contributed by atoms with van der Waals surface area (Å²) in [6.07, 6.45) is 9.38. The van der Waals surface area contributed by atoms with Crippen LogP contribution in [0.3, 0.4) is 0 Å². The van der Waals surface area contributed by atoms with E-state index in [1.54, 1.807) is 0 Å². The van der Waals surface area contributed by atoms with Gasteiger partial charge in [0.15, 0.2) is 5.96 Å². The Bertz CT molecular complexity index is 559. The molecule has 5 nitrogen and oxygen atoms in total. The van der Waals surface area contributed by atoms with Gasteiger partial charge in [-0.2, -0.15) is 0 Å². The van der Waals surface area contributed by atoms with Crippen molar-refractivity contribution >= 4 is 29.9 Å². The van der Waals surface area contributed by atoms with E-state index in [1.807, 2.05) is 0 Å². The molecule has 1 N–H and O–H groups in total. The molecule has 0 amide bonds. The van der Waals surface area contributed by atoms with Crippen LogP contribution in [-0.2, 0) is 19.4 Å². The van der Waals surface area contributed by atoms with Crippen molar-refractivity contribution in [2.24, 2.45) is 10.4 Å². The first-order valence-corrected chi connectivity index (χ1v) is 9.72. The normalized spacial score (nSPS) is 23.3. The Hall–Kier alpha value is -0.790. The molecule has 2 aliphatic rings. The van der Waals surface area contributed by atoms with Crippen LogP contribution in [0.25, 0.3) is 0 Å². The second kappa shape index (κ2) is 9.24. The fourth-order valence-corrected chi connectivity index (χ4v) is 3.79. The average molecular weight is 459 g/mol. The molecule has 1 aromatic heterocycles. The first-order valence-electron chi connectivity index (χ1n) is 9.72. The Labute approximate surface area is 169 Å². The fraction of sp³-hybridized carbons (Fsp3) is 0.789. The van der Waals surface area contributed by atoms with E-state index in [0.29, 0.717) is 5.41 Å². The minimum atomic E-state index is 0. The Balaban J connectivity index is 0.00000225. The van der Waals surface area contributed by atoms with Gasteiger partial charge in [-0.3, -0.25) is 4.99 Å². The molecule has 0 aromatic carbocycles. The van der Waals surface area contributed by atoms with Crippen LogP contribution in [-0.4, -0.2) is 46.6 Å². The first kappa shape index (κ1) is 20.5. The van der Waals surface area contributed by atoms with Gasteiger partial charge in [-0.15, -0.1) is 24.0 Å². The summed E-state index contributed by atoms with van der Waals surface area (Å²) >= 11 is 0. The summed E-state index contributed by atoms with van der Waals surface area (Å²) in [5, 5.41) is 3.47. The topological polar surface area (TPSA) is 45.5 Å². The molecule has 3 heterocycles. The highest BCUT2D eigenvalue weighted by Gasteiger charge is 2.33. The lowest BCUT2D eigenvalue weighted by atomic mass is 9.87. The van der Waals surface area contributed by atoms with Crippen molar-refractivity contribution in [1.29, 1.82) is 0 Å². The van der Waals surface area contributed by atoms with Crippen LogP contribution in [0.1, 0.15) is 58.0 Å². The summed E-state index contributed by atoms with van der Waals surface area (Å²) in [4.78, 5) is 12.1. The van der Waals surface area contributed by atoms with Gasteiger partial charge in [-0.1, -0.05) is 13.8 Å². The Morgan fingerprint density at radius 1 is 1.32 bits per heavy atom. The van der Waals surface area contributed by atoms with Crippen LogP contribution in [0.5, 0.6) is 0 Å². The number of aromatic nitrogens is 2. The fourth-order valence-electron chi connectivity index (χ4n) is 3.79. The van der Waals surface area contributed by atoms with E-state index < -0.39 is 0 Å². The number of guanidine groups is 1.